The second-order valence-electron chi connectivity index (χ2n) is 7.95. The molecule has 3 aromatic heterocycles. The molecule has 1 N–H and O–H groups in total. The number of para-hydroxylation sites is 1. The number of aromatic nitrogens is 4. The molecule has 0 bridgehead atoms. The summed E-state index contributed by atoms with van der Waals surface area (Å²) in [5.41, 5.74) is 4.14. The molecule has 0 atom stereocenters. The number of hydrogen-bond acceptors (Lipinski definition) is 7. The van der Waals surface area contributed by atoms with E-state index in [1.54, 1.807) is 19.4 Å². The largest absolute Gasteiger partial charge is 0.481 e. The lowest BCUT2D eigenvalue weighted by molar-refractivity contribution is 0.0660. The topological polar surface area (TPSA) is 87.2 Å². The van der Waals surface area contributed by atoms with Gasteiger partial charge in [0.2, 0.25) is 5.88 Å². The molecule has 0 radical (unpaired) electrons. The minimum atomic E-state index is -0.0533. The fourth-order valence-electron chi connectivity index (χ4n) is 3.91. The summed E-state index contributed by atoms with van der Waals surface area (Å²) in [4.78, 5) is 27.6. The van der Waals surface area contributed by atoms with E-state index in [0.717, 1.165) is 45.7 Å². The molecule has 0 unspecified atom stereocenters. The lowest BCUT2D eigenvalue weighted by Crippen LogP contribution is -2.47. The first-order valence-corrected chi connectivity index (χ1v) is 11.3. The lowest BCUT2D eigenvalue weighted by Gasteiger charge is -2.32. The van der Waals surface area contributed by atoms with Crippen molar-refractivity contribution in [1.29, 1.82) is 0 Å². The number of H-pyrrole nitrogens is 1. The second kappa shape index (κ2) is 8.33. The lowest BCUT2D eigenvalue weighted by atomic mass is 10.1. The average Bonchev–Trinajstić information content (AvgIpc) is 3.44. The number of aromatic amines is 1. The summed E-state index contributed by atoms with van der Waals surface area (Å²) in [7, 11) is 3.65. The number of amides is 1. The van der Waals surface area contributed by atoms with E-state index in [1.807, 2.05) is 36.1 Å². The first-order valence-electron chi connectivity index (χ1n) is 10.5. The van der Waals surface area contributed by atoms with Crippen molar-refractivity contribution >= 4 is 28.1 Å². The predicted molar refractivity (Wildman–Crippen MR) is 125 cm³/mol. The van der Waals surface area contributed by atoms with Gasteiger partial charge in [-0.2, -0.15) is 5.10 Å². The van der Waals surface area contributed by atoms with Gasteiger partial charge in [0, 0.05) is 49.4 Å². The van der Waals surface area contributed by atoms with E-state index in [2.05, 4.69) is 27.1 Å². The Morgan fingerprint density at radius 2 is 1.97 bits per heavy atom. The molecule has 5 rings (SSSR count). The summed E-state index contributed by atoms with van der Waals surface area (Å²) in [6.07, 6.45) is 1.73. The average molecular weight is 449 g/mol. The van der Waals surface area contributed by atoms with Crippen LogP contribution in [0.2, 0.25) is 0 Å². The number of thiazole rings is 1. The van der Waals surface area contributed by atoms with Gasteiger partial charge in [0.25, 0.3) is 5.91 Å². The fraction of sp³-hybridized carbons (Fsp3) is 0.304. The minimum absolute atomic E-state index is 0.0533. The van der Waals surface area contributed by atoms with Crippen molar-refractivity contribution in [2.75, 3.05) is 40.3 Å². The van der Waals surface area contributed by atoms with Gasteiger partial charge in [0.15, 0.2) is 0 Å². The maximum Gasteiger partial charge on any atom is 0.274 e. The molecule has 9 heteroatoms. The fourth-order valence-corrected chi connectivity index (χ4v) is 4.96. The number of nitrogens with one attached hydrogen (secondary N) is 1. The Labute approximate surface area is 189 Å². The van der Waals surface area contributed by atoms with Gasteiger partial charge in [-0.15, -0.1) is 11.3 Å². The molecule has 1 aliphatic heterocycles. The van der Waals surface area contributed by atoms with Crippen LogP contribution in [0.3, 0.4) is 0 Å². The molecule has 1 amide bonds. The summed E-state index contributed by atoms with van der Waals surface area (Å²) in [6, 6.07) is 9.79. The molecule has 0 aliphatic carbocycles. The number of benzene rings is 1. The van der Waals surface area contributed by atoms with E-state index in [9.17, 15) is 4.79 Å². The number of hydrogen-bond donors (Lipinski definition) is 1. The van der Waals surface area contributed by atoms with Gasteiger partial charge < -0.3 is 14.5 Å². The van der Waals surface area contributed by atoms with Crippen LogP contribution in [0, 0.1) is 6.92 Å². The Balaban J connectivity index is 1.61. The number of nitrogens with zero attached hydrogens (tertiary/aromatic N) is 5. The first-order chi connectivity index (χ1) is 15.5. The SMILES string of the molecule is COc1ccc(-c2sc(-c3n[nH]c4c(C)cccc34)nc2C(=O)N2CCN(C)CC2)cn1. The molecule has 8 nitrogen and oxygen atoms in total. The summed E-state index contributed by atoms with van der Waals surface area (Å²) in [5, 5.41) is 9.37. The maximum absolute atomic E-state index is 13.5. The zero-order valence-electron chi connectivity index (χ0n) is 18.3. The third-order valence-corrected chi connectivity index (χ3v) is 6.95. The predicted octanol–water partition coefficient (Wildman–Crippen LogP) is 3.45. The number of fused-ring (bicyclic) bond motifs is 1. The highest BCUT2D eigenvalue weighted by Gasteiger charge is 2.28. The van der Waals surface area contributed by atoms with Crippen LogP contribution in [0.25, 0.3) is 32.0 Å². The van der Waals surface area contributed by atoms with Crippen molar-refractivity contribution in [3.8, 4) is 27.0 Å². The van der Waals surface area contributed by atoms with Crippen molar-refractivity contribution in [2.24, 2.45) is 0 Å². The standard InChI is InChI=1S/C23H24N6O2S/c1-14-5-4-6-16-18(14)26-27-19(16)22-25-20(23(30)29-11-9-28(2)10-12-29)21(32-22)15-7-8-17(31-3)24-13-15/h4-8,13H,9-12H2,1-3H3,(H,26,27). The Kier molecular flexibility index (Phi) is 5.36. The molecule has 1 saturated heterocycles. The number of rotatable bonds is 4. The van der Waals surface area contributed by atoms with Crippen LogP contribution in [0.1, 0.15) is 16.1 Å². The summed E-state index contributed by atoms with van der Waals surface area (Å²) < 4.78 is 5.19. The molecule has 1 aliphatic rings. The van der Waals surface area contributed by atoms with E-state index in [0.29, 0.717) is 29.7 Å². The van der Waals surface area contributed by atoms with Gasteiger partial charge in [0.05, 0.1) is 17.5 Å². The normalized spacial score (nSPS) is 14.8. The molecule has 1 fully saturated rings. The molecule has 164 valence electrons. The summed E-state index contributed by atoms with van der Waals surface area (Å²) >= 11 is 1.47. The molecule has 0 saturated carbocycles. The van der Waals surface area contributed by atoms with Gasteiger partial charge in [-0.1, -0.05) is 18.2 Å². The molecule has 32 heavy (non-hydrogen) atoms. The van der Waals surface area contributed by atoms with E-state index in [4.69, 9.17) is 9.72 Å². The van der Waals surface area contributed by atoms with Crippen molar-refractivity contribution in [1.82, 2.24) is 30.0 Å². The van der Waals surface area contributed by atoms with Crippen molar-refractivity contribution in [3.05, 3.63) is 47.8 Å². The number of ether oxygens (including phenoxy) is 1. The van der Waals surface area contributed by atoms with Crippen molar-refractivity contribution in [3.63, 3.8) is 0 Å². The Hall–Kier alpha value is -3.30. The van der Waals surface area contributed by atoms with Crippen molar-refractivity contribution in [2.45, 2.75) is 6.92 Å². The highest BCUT2D eigenvalue weighted by Crippen LogP contribution is 2.38. The Morgan fingerprint density at radius 3 is 2.69 bits per heavy atom. The van der Waals surface area contributed by atoms with E-state index in [-0.39, 0.29) is 5.91 Å². The number of pyridine rings is 1. The second-order valence-corrected chi connectivity index (χ2v) is 8.95. The number of carbonyl (C=O) groups is 1. The van der Waals surface area contributed by atoms with Gasteiger partial charge >= 0.3 is 0 Å². The van der Waals surface area contributed by atoms with Crippen LogP contribution in [0.15, 0.2) is 36.5 Å². The zero-order chi connectivity index (χ0) is 22.2. The Bertz CT molecular complexity index is 1270. The number of methoxy groups -OCH3 is 1. The van der Waals surface area contributed by atoms with Gasteiger partial charge in [0.1, 0.15) is 16.4 Å². The summed E-state index contributed by atoms with van der Waals surface area (Å²) in [6.45, 7) is 5.12. The third-order valence-electron chi connectivity index (χ3n) is 5.84. The quantitative estimate of drug-likeness (QED) is 0.515. The number of likely N-dealkylation sites (N-methyl/N-ethyl adjacent to an activating group) is 1. The monoisotopic (exact) mass is 448 g/mol. The summed E-state index contributed by atoms with van der Waals surface area (Å²) in [5.74, 6) is 0.474. The first kappa shape index (κ1) is 20.6. The number of carbonyl (C=O) groups excluding carboxylic acids is 1. The molecule has 1 aromatic carbocycles. The van der Waals surface area contributed by atoms with Crippen LogP contribution in [-0.2, 0) is 0 Å². The Morgan fingerprint density at radius 1 is 1.16 bits per heavy atom. The molecule has 4 heterocycles. The molecular formula is C23H24N6O2S. The van der Waals surface area contributed by atoms with Crippen LogP contribution in [-0.4, -0.2) is 76.2 Å². The van der Waals surface area contributed by atoms with E-state index >= 15 is 0 Å². The highest BCUT2D eigenvalue weighted by molar-refractivity contribution is 7.18. The number of aryl methyl sites for hydroxylation is 1. The highest BCUT2D eigenvalue weighted by atomic mass is 32.1. The van der Waals surface area contributed by atoms with Crippen molar-refractivity contribution < 1.29 is 9.53 Å². The van der Waals surface area contributed by atoms with E-state index in [1.165, 1.54) is 11.3 Å². The maximum atomic E-state index is 13.5. The molecular weight excluding hydrogens is 424 g/mol. The van der Waals surface area contributed by atoms with Crippen LogP contribution in [0.4, 0.5) is 0 Å². The van der Waals surface area contributed by atoms with Gasteiger partial charge in [-0.3, -0.25) is 9.89 Å². The molecule has 0 spiro atoms. The van der Waals surface area contributed by atoms with Gasteiger partial charge in [-0.05, 0) is 25.6 Å². The third kappa shape index (κ3) is 3.63. The smallest absolute Gasteiger partial charge is 0.274 e. The van der Waals surface area contributed by atoms with E-state index < -0.39 is 0 Å². The van der Waals surface area contributed by atoms with Crippen LogP contribution < -0.4 is 4.74 Å². The molecule has 4 aromatic rings. The van der Waals surface area contributed by atoms with Crippen LogP contribution in [0.5, 0.6) is 5.88 Å². The zero-order valence-corrected chi connectivity index (χ0v) is 19.1. The minimum Gasteiger partial charge on any atom is -0.481 e. The van der Waals surface area contributed by atoms with Gasteiger partial charge in [-0.25, -0.2) is 9.97 Å². The number of piperazine rings is 1. The van der Waals surface area contributed by atoms with Crippen LogP contribution >= 0.6 is 11.3 Å².